The Balaban J connectivity index is 0.00000273. The van der Waals surface area contributed by atoms with Gasteiger partial charge in [-0.2, -0.15) is 0 Å². The minimum Gasteiger partial charge on any atom is -0.550 e. The molecular weight excluding hydrogens is 829 g/mol. The normalized spacial score (nSPS) is 50.0. The van der Waals surface area contributed by atoms with Crippen LogP contribution in [0.15, 0.2) is 11.6 Å². The number of rotatable bonds is 7. The van der Waals surface area contributed by atoms with Crippen LogP contribution >= 0.6 is 0 Å². The van der Waals surface area contributed by atoms with Crippen molar-refractivity contribution in [3.05, 3.63) is 11.6 Å². The van der Waals surface area contributed by atoms with Gasteiger partial charge in [-0.1, -0.05) is 54.0 Å². The van der Waals surface area contributed by atoms with E-state index in [1.807, 2.05) is 19.9 Å². The molecule has 0 bridgehead atoms. The van der Waals surface area contributed by atoms with E-state index in [0.717, 1.165) is 24.8 Å². The third-order valence-corrected chi connectivity index (χ3v) is 17.2. The third-order valence-electron chi connectivity index (χ3n) is 17.2. The number of aliphatic hydroxyl groups excluding tert-OH is 5. The monoisotopic (exact) mass is 888 g/mol. The minimum absolute atomic E-state index is 0. The molecule has 7 rings (SSSR count). The Morgan fingerprint density at radius 2 is 1.25 bits per heavy atom. The largest absolute Gasteiger partial charge is 1.00 e. The number of aliphatic hydroxyl groups is 5. The molecule has 0 aromatic carbocycles. The van der Waals surface area contributed by atoms with Crippen LogP contribution in [0.25, 0.3) is 0 Å². The molecule has 16 nitrogen and oxygen atoms in total. The van der Waals surface area contributed by atoms with Crippen LogP contribution in [-0.2, 0) is 38.1 Å². The molecule has 7 aliphatic rings. The number of allylic oxidation sites excluding steroid dienone is 2. The zero-order valence-corrected chi connectivity index (χ0v) is 43.3. The number of carbonyl (C=O) groups is 4. The van der Waals surface area contributed by atoms with Crippen molar-refractivity contribution in [1.82, 2.24) is 0 Å². The molecule has 326 valence electrons. The summed E-state index contributed by atoms with van der Waals surface area (Å²) in [7, 11) is 0. The van der Waals surface area contributed by atoms with Gasteiger partial charge in [0.1, 0.15) is 48.8 Å². The average Bonchev–Trinajstić information content (AvgIpc) is 3.13. The molecule has 2 heterocycles. The van der Waals surface area contributed by atoms with E-state index in [1.54, 1.807) is 6.92 Å². The Bertz CT molecular complexity index is 1750. The van der Waals surface area contributed by atoms with Gasteiger partial charge in [0.2, 0.25) is 0 Å². The van der Waals surface area contributed by atoms with Crippen molar-refractivity contribution in [3.8, 4) is 0 Å². The quantitative estimate of drug-likeness (QED) is 0.117. The first-order valence-corrected chi connectivity index (χ1v) is 20.7. The van der Waals surface area contributed by atoms with Gasteiger partial charge in [-0.25, -0.2) is 0 Å². The summed E-state index contributed by atoms with van der Waals surface area (Å²) in [4.78, 5) is 50.9. The van der Waals surface area contributed by atoms with Gasteiger partial charge in [0.15, 0.2) is 18.4 Å². The second-order valence-electron chi connectivity index (χ2n) is 20.6. The Hall–Kier alpha value is 0.460. The van der Waals surface area contributed by atoms with Crippen molar-refractivity contribution in [3.63, 3.8) is 0 Å². The molecule has 19 atom stereocenters. The van der Waals surface area contributed by atoms with E-state index in [0.29, 0.717) is 38.5 Å². The van der Waals surface area contributed by atoms with Gasteiger partial charge in [0.05, 0.1) is 18.0 Å². The fourth-order valence-corrected chi connectivity index (χ4v) is 13.3. The summed E-state index contributed by atoms with van der Waals surface area (Å²) in [5.41, 5.74) is -2.11. The van der Waals surface area contributed by atoms with Crippen molar-refractivity contribution < 1.29 is 168 Å². The minimum atomic E-state index is -2.16. The number of aliphatic carboxylic acids is 3. The SMILES string of the molecule is CC1(C)C2CC[C@]3(C)C(C(=O)C=C4[C@@H]5C[C@@](C)(C(=O)[O-])CC[C@]5(C)CC[C@]43C)[C@@]2(C)CC[C@@H]1O[C@H]1O[C@H](C(=O)[O-])[C@@H](O)[C@H](O)[C@H]1O[C@@H]1O[C@H](C(=O)[O-])[C@@H](O)[C@H](O)[C@H]1O.[Na+].[Na+].[Na+]. The van der Waals surface area contributed by atoms with Crippen LogP contribution in [0.3, 0.4) is 0 Å². The van der Waals surface area contributed by atoms with Crippen LogP contribution < -0.4 is 104 Å². The fraction of sp³-hybridized carbons (Fsp3) is 0.857. The zero-order chi connectivity index (χ0) is 42.9. The summed E-state index contributed by atoms with van der Waals surface area (Å²) in [6.45, 7) is 14.6. The average molecular weight is 889 g/mol. The number of carbonyl (C=O) groups excluding carboxylic acids is 4. The zero-order valence-electron chi connectivity index (χ0n) is 37.3. The summed E-state index contributed by atoms with van der Waals surface area (Å²) in [5, 5.41) is 89.2. The van der Waals surface area contributed by atoms with Crippen molar-refractivity contribution in [2.24, 2.45) is 50.2 Å². The molecule has 0 aromatic heterocycles. The Kier molecular flexibility index (Phi) is 16.4. The second-order valence-corrected chi connectivity index (χ2v) is 20.6. The van der Waals surface area contributed by atoms with Gasteiger partial charge in [0, 0.05) is 17.3 Å². The molecule has 0 spiro atoms. The molecular formula is C42H59Na3O16. The van der Waals surface area contributed by atoms with Crippen LogP contribution in [0.2, 0.25) is 0 Å². The molecule has 6 fully saturated rings. The van der Waals surface area contributed by atoms with Crippen molar-refractivity contribution in [2.45, 2.75) is 174 Å². The molecule has 5 N–H and O–H groups in total. The maximum atomic E-state index is 14.8. The maximum Gasteiger partial charge on any atom is 1.00 e. The van der Waals surface area contributed by atoms with E-state index < -0.39 is 107 Å². The van der Waals surface area contributed by atoms with Gasteiger partial charge in [-0.05, 0) is 103 Å². The number of fused-ring (bicyclic) bond motifs is 7. The van der Waals surface area contributed by atoms with Gasteiger partial charge < -0.3 is 74.2 Å². The van der Waals surface area contributed by atoms with Gasteiger partial charge in [0.25, 0.3) is 0 Å². The summed E-state index contributed by atoms with van der Waals surface area (Å²) < 4.78 is 23.1. The van der Waals surface area contributed by atoms with Gasteiger partial charge >= 0.3 is 88.7 Å². The van der Waals surface area contributed by atoms with E-state index in [1.165, 1.54) is 0 Å². The van der Waals surface area contributed by atoms with Crippen LogP contribution in [0, 0.1) is 50.2 Å². The molecule has 0 aromatic rings. The first-order valence-electron chi connectivity index (χ1n) is 20.7. The fourth-order valence-electron chi connectivity index (χ4n) is 13.3. The summed E-state index contributed by atoms with van der Waals surface area (Å²) in [5.74, 6) is -5.37. The van der Waals surface area contributed by atoms with E-state index >= 15 is 0 Å². The summed E-state index contributed by atoms with van der Waals surface area (Å²) in [6, 6.07) is 0. The molecule has 4 saturated carbocycles. The predicted octanol–water partition coefficient (Wildman–Crippen LogP) is -10.7. The Morgan fingerprint density at radius 3 is 1.82 bits per heavy atom. The topological polar surface area (TPSA) is 276 Å². The van der Waals surface area contributed by atoms with E-state index in [9.17, 15) is 60.0 Å². The van der Waals surface area contributed by atoms with Crippen molar-refractivity contribution in [2.75, 3.05) is 0 Å². The summed E-state index contributed by atoms with van der Waals surface area (Å²) in [6.07, 6.45) is -13.4. The smallest absolute Gasteiger partial charge is 0.550 e. The molecule has 2 saturated heterocycles. The van der Waals surface area contributed by atoms with E-state index in [2.05, 4.69) is 27.7 Å². The summed E-state index contributed by atoms with van der Waals surface area (Å²) >= 11 is 0. The maximum absolute atomic E-state index is 14.8. The van der Waals surface area contributed by atoms with Gasteiger partial charge in [-0.15, -0.1) is 0 Å². The predicted molar refractivity (Wildman–Crippen MR) is 192 cm³/mol. The van der Waals surface area contributed by atoms with Crippen molar-refractivity contribution in [1.29, 1.82) is 0 Å². The van der Waals surface area contributed by atoms with Crippen molar-refractivity contribution >= 4 is 23.7 Å². The first kappa shape index (κ1) is 54.1. The molecule has 0 amide bonds. The molecule has 2 aliphatic heterocycles. The molecule has 2 unspecified atom stereocenters. The van der Waals surface area contributed by atoms with E-state index in [4.69, 9.17) is 18.9 Å². The van der Waals surface area contributed by atoms with Crippen LogP contribution in [0.4, 0.5) is 0 Å². The number of hydrogen-bond acceptors (Lipinski definition) is 16. The molecule has 5 aliphatic carbocycles. The molecule has 0 radical (unpaired) electrons. The standard InChI is InChI=1S/C42H62O16.3Na/c1-37(2)21-8-11-42(7)31(20(43)16-18-19-17-39(4,36(53)54)13-12-38(19,3)14-15-41(18,42)6)40(21,5)10-9-22(37)55-35-30(26(47)25(46)29(57-35)33(51)52)58-34-27(48)23(44)24(45)28(56-34)32(49)50;;;/h16,19,21-31,34-35,44-48H,8-15,17H2,1-7H3,(H,49,50)(H,51,52)(H,53,54);;;/q;3*+1/p-3/t19-,21?,22-,23-,24-,25-,26-,27+,28-,29-,30+,31?,34-,35-,38+,39-,40-,41+,42+;;;/m0.../s1. The molecule has 19 heteroatoms. The Labute approximate surface area is 423 Å². The van der Waals surface area contributed by atoms with Crippen LogP contribution in [0.5, 0.6) is 0 Å². The molecule has 61 heavy (non-hydrogen) atoms. The number of carboxylic acids is 3. The number of ketones is 1. The third kappa shape index (κ3) is 8.44. The van der Waals surface area contributed by atoms with Gasteiger partial charge in [-0.3, -0.25) is 4.79 Å². The number of hydrogen-bond donors (Lipinski definition) is 5. The first-order chi connectivity index (χ1) is 26.8. The van der Waals surface area contributed by atoms with Crippen LogP contribution in [-0.4, -0.2) is 117 Å². The van der Waals surface area contributed by atoms with E-state index in [-0.39, 0.29) is 123 Å². The second kappa shape index (κ2) is 18.5. The number of ether oxygens (including phenoxy) is 4. The van der Waals surface area contributed by atoms with Crippen LogP contribution in [0.1, 0.15) is 106 Å². The Morgan fingerprint density at radius 1 is 0.689 bits per heavy atom. The number of carboxylic acid groups (broad SMARTS) is 3.